The molecule has 0 radical (unpaired) electrons. The molecule has 0 N–H and O–H groups in total. The quantitative estimate of drug-likeness (QED) is 0.847. The van der Waals surface area contributed by atoms with Crippen molar-refractivity contribution >= 4 is 15.9 Å². The highest BCUT2D eigenvalue weighted by molar-refractivity contribution is 9.10. The number of rotatable bonds is 2. The third-order valence-corrected chi connectivity index (χ3v) is 2.94. The molecule has 0 bridgehead atoms. The summed E-state index contributed by atoms with van der Waals surface area (Å²) in [5, 5.41) is 0. The van der Waals surface area contributed by atoms with Gasteiger partial charge in [-0.2, -0.15) is 0 Å². The molecule has 2 aromatic heterocycles. The van der Waals surface area contributed by atoms with E-state index in [0.29, 0.717) is 0 Å². The Morgan fingerprint density at radius 3 is 2.81 bits per heavy atom. The molecule has 2 heterocycles. The van der Waals surface area contributed by atoms with Crippen molar-refractivity contribution in [3.8, 4) is 0 Å². The average Bonchev–Trinajstić information content (AvgIpc) is 2.29. The summed E-state index contributed by atoms with van der Waals surface area (Å²) in [5.74, 6) is 0. The van der Waals surface area contributed by atoms with Crippen molar-refractivity contribution in [2.24, 2.45) is 0 Å². The van der Waals surface area contributed by atoms with E-state index < -0.39 is 0 Å². The normalized spacial score (nSPS) is 12.4. The fraction of sp³-hybridized carbons (Fsp3) is 0.167. The van der Waals surface area contributed by atoms with Gasteiger partial charge in [0.1, 0.15) is 0 Å². The van der Waals surface area contributed by atoms with E-state index in [9.17, 15) is 4.79 Å². The van der Waals surface area contributed by atoms with Crippen LogP contribution in [0.3, 0.4) is 0 Å². The average molecular weight is 279 g/mol. The van der Waals surface area contributed by atoms with Crippen LogP contribution in [0.5, 0.6) is 0 Å². The van der Waals surface area contributed by atoms with Crippen LogP contribution in [0.2, 0.25) is 0 Å². The molecule has 2 rings (SSSR count). The Morgan fingerprint density at radius 2 is 2.19 bits per heavy atom. The Labute approximate surface area is 102 Å². The summed E-state index contributed by atoms with van der Waals surface area (Å²) in [6, 6.07) is 9.05. The molecule has 0 amide bonds. The van der Waals surface area contributed by atoms with Crippen molar-refractivity contribution in [3.63, 3.8) is 0 Å². The van der Waals surface area contributed by atoms with Gasteiger partial charge >= 0.3 is 0 Å². The zero-order valence-electron chi connectivity index (χ0n) is 8.80. The number of hydrogen-bond acceptors (Lipinski definition) is 2. The standard InChI is InChI=1S/C12H11BrN2O/c1-9(11-4-2-3-6-14-11)15-7-5-10(13)8-12(15)16/h2-9H,1H3/t9-/m0/s1. The van der Waals surface area contributed by atoms with Gasteiger partial charge in [-0.05, 0) is 25.1 Å². The van der Waals surface area contributed by atoms with Crippen molar-refractivity contribution in [1.29, 1.82) is 0 Å². The zero-order valence-corrected chi connectivity index (χ0v) is 10.4. The molecule has 82 valence electrons. The van der Waals surface area contributed by atoms with Crippen molar-refractivity contribution in [2.45, 2.75) is 13.0 Å². The number of aromatic nitrogens is 2. The molecular weight excluding hydrogens is 268 g/mol. The van der Waals surface area contributed by atoms with Gasteiger partial charge < -0.3 is 4.57 Å². The van der Waals surface area contributed by atoms with Crippen LogP contribution in [0.1, 0.15) is 18.7 Å². The molecule has 0 fully saturated rings. The van der Waals surface area contributed by atoms with Gasteiger partial charge in [-0.25, -0.2) is 0 Å². The fourth-order valence-electron chi connectivity index (χ4n) is 1.55. The molecule has 0 aliphatic carbocycles. The third kappa shape index (κ3) is 2.22. The fourth-order valence-corrected chi connectivity index (χ4v) is 1.87. The molecule has 0 spiro atoms. The molecule has 0 saturated heterocycles. The van der Waals surface area contributed by atoms with Crippen LogP contribution < -0.4 is 5.56 Å². The van der Waals surface area contributed by atoms with Crippen LogP contribution in [-0.2, 0) is 0 Å². The summed E-state index contributed by atoms with van der Waals surface area (Å²) in [7, 11) is 0. The first-order valence-corrected chi connectivity index (χ1v) is 5.76. The van der Waals surface area contributed by atoms with Gasteiger partial charge in [0.15, 0.2) is 0 Å². The topological polar surface area (TPSA) is 34.9 Å². The Balaban J connectivity index is 2.42. The minimum Gasteiger partial charge on any atom is -0.307 e. The summed E-state index contributed by atoms with van der Waals surface area (Å²) in [4.78, 5) is 16.0. The van der Waals surface area contributed by atoms with Gasteiger partial charge in [-0.1, -0.05) is 22.0 Å². The van der Waals surface area contributed by atoms with E-state index in [0.717, 1.165) is 10.2 Å². The van der Waals surface area contributed by atoms with Gasteiger partial charge in [-0.3, -0.25) is 9.78 Å². The largest absolute Gasteiger partial charge is 0.307 e. The highest BCUT2D eigenvalue weighted by atomic mass is 79.9. The smallest absolute Gasteiger partial charge is 0.252 e. The second kappa shape index (κ2) is 4.61. The Morgan fingerprint density at radius 1 is 1.38 bits per heavy atom. The second-order valence-corrected chi connectivity index (χ2v) is 4.44. The van der Waals surface area contributed by atoms with Crippen molar-refractivity contribution in [3.05, 3.63) is 63.2 Å². The zero-order chi connectivity index (χ0) is 11.5. The van der Waals surface area contributed by atoms with E-state index in [1.165, 1.54) is 0 Å². The highest BCUT2D eigenvalue weighted by Gasteiger charge is 2.09. The van der Waals surface area contributed by atoms with Gasteiger partial charge in [0, 0.05) is 22.9 Å². The first-order valence-electron chi connectivity index (χ1n) is 4.97. The summed E-state index contributed by atoms with van der Waals surface area (Å²) < 4.78 is 2.45. The molecule has 3 nitrogen and oxygen atoms in total. The van der Waals surface area contributed by atoms with Crippen molar-refractivity contribution in [2.75, 3.05) is 0 Å². The lowest BCUT2D eigenvalue weighted by Crippen LogP contribution is -2.22. The van der Waals surface area contributed by atoms with E-state index in [-0.39, 0.29) is 11.6 Å². The summed E-state index contributed by atoms with van der Waals surface area (Å²) in [6.07, 6.45) is 3.50. The van der Waals surface area contributed by atoms with E-state index in [1.807, 2.05) is 31.2 Å². The van der Waals surface area contributed by atoms with E-state index in [4.69, 9.17) is 0 Å². The number of halogens is 1. The van der Waals surface area contributed by atoms with E-state index >= 15 is 0 Å². The maximum atomic E-state index is 11.8. The monoisotopic (exact) mass is 278 g/mol. The maximum absolute atomic E-state index is 11.8. The van der Waals surface area contributed by atoms with Crippen LogP contribution >= 0.6 is 15.9 Å². The third-order valence-electron chi connectivity index (χ3n) is 2.44. The predicted molar refractivity (Wildman–Crippen MR) is 66.5 cm³/mol. The number of hydrogen-bond donors (Lipinski definition) is 0. The first kappa shape index (κ1) is 11.1. The minimum atomic E-state index is -0.0539. The first-order chi connectivity index (χ1) is 7.68. The van der Waals surface area contributed by atoms with E-state index in [1.54, 1.807) is 23.0 Å². The van der Waals surface area contributed by atoms with Gasteiger partial charge in [0.2, 0.25) is 0 Å². The lowest BCUT2D eigenvalue weighted by molar-refractivity contribution is 0.598. The van der Waals surface area contributed by atoms with Gasteiger partial charge in [-0.15, -0.1) is 0 Å². The molecule has 4 heteroatoms. The number of nitrogens with zero attached hydrogens (tertiary/aromatic N) is 2. The Hall–Kier alpha value is -1.42. The lowest BCUT2D eigenvalue weighted by Gasteiger charge is -2.14. The minimum absolute atomic E-state index is 0.0347. The maximum Gasteiger partial charge on any atom is 0.252 e. The Bertz CT molecular complexity index is 536. The summed E-state index contributed by atoms with van der Waals surface area (Å²) in [5.41, 5.74) is 0.847. The number of pyridine rings is 2. The van der Waals surface area contributed by atoms with Crippen LogP contribution in [0.25, 0.3) is 0 Å². The van der Waals surface area contributed by atoms with Gasteiger partial charge in [0.25, 0.3) is 5.56 Å². The molecular formula is C12H11BrN2O. The van der Waals surface area contributed by atoms with Crippen molar-refractivity contribution < 1.29 is 0 Å². The van der Waals surface area contributed by atoms with Crippen LogP contribution in [-0.4, -0.2) is 9.55 Å². The Kier molecular flexibility index (Phi) is 3.19. The van der Waals surface area contributed by atoms with E-state index in [2.05, 4.69) is 20.9 Å². The summed E-state index contributed by atoms with van der Waals surface area (Å²) >= 11 is 3.27. The molecule has 0 aliphatic rings. The van der Waals surface area contributed by atoms with Crippen LogP contribution in [0.15, 0.2) is 52.0 Å². The molecule has 0 unspecified atom stereocenters. The summed E-state index contributed by atoms with van der Waals surface area (Å²) in [6.45, 7) is 1.96. The highest BCUT2D eigenvalue weighted by Crippen LogP contribution is 2.14. The molecule has 1 atom stereocenters. The van der Waals surface area contributed by atoms with Crippen LogP contribution in [0.4, 0.5) is 0 Å². The lowest BCUT2D eigenvalue weighted by atomic mass is 10.2. The molecule has 2 aromatic rings. The van der Waals surface area contributed by atoms with Crippen LogP contribution in [0, 0.1) is 0 Å². The predicted octanol–water partition coefficient (Wildman–Crippen LogP) is 2.62. The molecule has 0 aromatic carbocycles. The SMILES string of the molecule is C[C@@H](c1ccccn1)n1ccc(Br)cc1=O. The van der Waals surface area contributed by atoms with Gasteiger partial charge in [0.05, 0.1) is 11.7 Å². The van der Waals surface area contributed by atoms with Crippen molar-refractivity contribution in [1.82, 2.24) is 9.55 Å². The molecule has 0 aliphatic heterocycles. The molecule has 0 saturated carbocycles. The molecule has 16 heavy (non-hydrogen) atoms. The second-order valence-electron chi connectivity index (χ2n) is 3.52.